The van der Waals surface area contributed by atoms with E-state index in [4.69, 9.17) is 11.6 Å². The molecule has 1 aromatic carbocycles. The number of benzene rings is 1. The molecule has 0 spiro atoms. The van der Waals surface area contributed by atoms with Gasteiger partial charge in [-0.3, -0.25) is 9.59 Å². The fraction of sp³-hybridized carbons (Fsp3) is 0.118. The first-order valence-electron chi connectivity index (χ1n) is 7.30. The molecule has 0 saturated heterocycles. The fourth-order valence-electron chi connectivity index (χ4n) is 2.23. The van der Waals surface area contributed by atoms with Crippen LogP contribution < -0.4 is 5.56 Å². The highest BCUT2D eigenvalue weighted by atomic mass is 35.5. The summed E-state index contributed by atoms with van der Waals surface area (Å²) in [6, 6.07) is 11.6. The summed E-state index contributed by atoms with van der Waals surface area (Å²) in [4.78, 5) is 27.0. The van der Waals surface area contributed by atoms with Crippen molar-refractivity contribution >= 4 is 28.8 Å². The number of hydrogen-bond acceptors (Lipinski definition) is 4. The number of amides is 1. The SMILES string of the molecule is CN(Cc1ccc(Cl)s1)C(=O)c1ccc(=O)n(-c2ccc(F)cc2)n1. The van der Waals surface area contributed by atoms with Crippen molar-refractivity contribution in [1.29, 1.82) is 0 Å². The summed E-state index contributed by atoms with van der Waals surface area (Å²) < 4.78 is 14.8. The normalized spacial score (nSPS) is 10.7. The number of aromatic nitrogens is 2. The van der Waals surface area contributed by atoms with Crippen LogP contribution >= 0.6 is 22.9 Å². The van der Waals surface area contributed by atoms with Gasteiger partial charge in [0.1, 0.15) is 11.5 Å². The van der Waals surface area contributed by atoms with Gasteiger partial charge in [0.25, 0.3) is 11.5 Å². The van der Waals surface area contributed by atoms with Gasteiger partial charge in [0.05, 0.1) is 16.6 Å². The predicted molar refractivity (Wildman–Crippen MR) is 94.9 cm³/mol. The number of rotatable bonds is 4. The Labute approximate surface area is 151 Å². The average Bonchev–Trinajstić information content (AvgIpc) is 3.00. The summed E-state index contributed by atoms with van der Waals surface area (Å²) in [6.45, 7) is 0.383. The molecule has 8 heteroatoms. The third kappa shape index (κ3) is 3.94. The van der Waals surface area contributed by atoms with Crippen LogP contribution in [-0.2, 0) is 6.54 Å². The summed E-state index contributed by atoms with van der Waals surface area (Å²) >= 11 is 7.29. The molecule has 2 heterocycles. The Kier molecular flexibility index (Phi) is 4.96. The smallest absolute Gasteiger partial charge is 0.274 e. The highest BCUT2D eigenvalue weighted by molar-refractivity contribution is 7.16. The van der Waals surface area contributed by atoms with E-state index in [1.807, 2.05) is 6.07 Å². The van der Waals surface area contributed by atoms with Gasteiger partial charge in [-0.1, -0.05) is 11.6 Å². The molecule has 0 radical (unpaired) electrons. The van der Waals surface area contributed by atoms with E-state index in [1.165, 1.54) is 52.6 Å². The first-order chi connectivity index (χ1) is 11.9. The number of halogens is 2. The van der Waals surface area contributed by atoms with Crippen molar-refractivity contribution in [1.82, 2.24) is 14.7 Å². The molecule has 0 aliphatic carbocycles. The van der Waals surface area contributed by atoms with Crippen molar-refractivity contribution in [3.63, 3.8) is 0 Å². The van der Waals surface area contributed by atoms with Crippen LogP contribution in [0.3, 0.4) is 0 Å². The molecule has 0 bridgehead atoms. The third-order valence-electron chi connectivity index (χ3n) is 3.46. The summed E-state index contributed by atoms with van der Waals surface area (Å²) in [7, 11) is 1.64. The van der Waals surface area contributed by atoms with E-state index in [9.17, 15) is 14.0 Å². The summed E-state index contributed by atoms with van der Waals surface area (Å²) in [6.07, 6.45) is 0. The summed E-state index contributed by atoms with van der Waals surface area (Å²) in [5.74, 6) is -0.751. The van der Waals surface area contributed by atoms with Crippen LogP contribution in [0.2, 0.25) is 4.34 Å². The molecular formula is C17H13ClFN3O2S. The van der Waals surface area contributed by atoms with E-state index in [-0.39, 0.29) is 11.6 Å². The number of carbonyl (C=O) groups is 1. The molecule has 128 valence electrons. The molecule has 25 heavy (non-hydrogen) atoms. The van der Waals surface area contributed by atoms with Crippen LogP contribution in [0.5, 0.6) is 0 Å². The quantitative estimate of drug-likeness (QED) is 0.700. The minimum Gasteiger partial charge on any atom is -0.335 e. The van der Waals surface area contributed by atoms with E-state index in [1.54, 1.807) is 13.1 Å². The molecule has 0 saturated carbocycles. The predicted octanol–water partition coefficient (Wildman–Crippen LogP) is 3.36. The van der Waals surface area contributed by atoms with Crippen LogP contribution in [0.15, 0.2) is 53.3 Å². The second-order valence-electron chi connectivity index (χ2n) is 5.31. The highest BCUT2D eigenvalue weighted by Crippen LogP contribution is 2.22. The Bertz CT molecular complexity index is 969. The lowest BCUT2D eigenvalue weighted by Gasteiger charge is -2.16. The van der Waals surface area contributed by atoms with Crippen LogP contribution in [-0.4, -0.2) is 27.6 Å². The molecule has 0 N–H and O–H groups in total. The Hall–Kier alpha value is -2.51. The maximum atomic E-state index is 13.0. The van der Waals surface area contributed by atoms with E-state index in [2.05, 4.69) is 5.10 Å². The Balaban J connectivity index is 1.87. The lowest BCUT2D eigenvalue weighted by molar-refractivity contribution is 0.0778. The van der Waals surface area contributed by atoms with Crippen molar-refractivity contribution in [3.8, 4) is 5.69 Å². The van der Waals surface area contributed by atoms with Crippen LogP contribution in [0.25, 0.3) is 5.69 Å². The van der Waals surface area contributed by atoms with Gasteiger partial charge < -0.3 is 4.90 Å². The van der Waals surface area contributed by atoms with Gasteiger partial charge in [0, 0.05) is 18.0 Å². The van der Waals surface area contributed by atoms with Crippen LogP contribution in [0.4, 0.5) is 4.39 Å². The summed E-state index contributed by atoms with van der Waals surface area (Å²) in [5, 5.41) is 4.11. The lowest BCUT2D eigenvalue weighted by Crippen LogP contribution is -2.30. The van der Waals surface area contributed by atoms with E-state index >= 15 is 0 Å². The number of carbonyl (C=O) groups excluding carboxylic acids is 1. The largest absolute Gasteiger partial charge is 0.335 e. The molecule has 0 aliphatic heterocycles. The van der Waals surface area contributed by atoms with Gasteiger partial charge in [-0.15, -0.1) is 11.3 Å². The minimum atomic E-state index is -0.418. The zero-order valence-corrected chi connectivity index (χ0v) is 14.7. The lowest BCUT2D eigenvalue weighted by atomic mass is 10.3. The van der Waals surface area contributed by atoms with Gasteiger partial charge in [-0.25, -0.2) is 4.39 Å². The van der Waals surface area contributed by atoms with Gasteiger partial charge in [0.2, 0.25) is 0 Å². The highest BCUT2D eigenvalue weighted by Gasteiger charge is 2.16. The summed E-state index contributed by atoms with van der Waals surface area (Å²) in [5.41, 5.74) is 0.0960. The third-order valence-corrected chi connectivity index (χ3v) is 4.68. The first kappa shape index (κ1) is 17.3. The number of hydrogen-bond donors (Lipinski definition) is 0. The molecule has 0 fully saturated rings. The second kappa shape index (κ2) is 7.16. The average molecular weight is 378 g/mol. The maximum absolute atomic E-state index is 13.0. The minimum absolute atomic E-state index is 0.120. The standard InChI is InChI=1S/C17H13ClFN3O2S/c1-21(10-13-6-8-15(18)25-13)17(24)14-7-9-16(23)22(20-14)12-4-2-11(19)3-5-12/h2-9H,10H2,1H3. The first-order valence-corrected chi connectivity index (χ1v) is 8.49. The Morgan fingerprint density at radius 2 is 1.92 bits per heavy atom. The molecule has 0 aliphatic rings. The Morgan fingerprint density at radius 1 is 1.20 bits per heavy atom. The van der Waals surface area contributed by atoms with Crippen LogP contribution in [0.1, 0.15) is 15.4 Å². The van der Waals surface area contributed by atoms with Crippen molar-refractivity contribution in [2.24, 2.45) is 0 Å². The molecule has 3 rings (SSSR count). The van der Waals surface area contributed by atoms with Crippen molar-refractivity contribution in [3.05, 3.63) is 79.6 Å². The van der Waals surface area contributed by atoms with Crippen molar-refractivity contribution in [2.75, 3.05) is 7.05 Å². The van der Waals surface area contributed by atoms with Gasteiger partial charge in [-0.2, -0.15) is 9.78 Å². The monoisotopic (exact) mass is 377 g/mol. The zero-order chi connectivity index (χ0) is 18.0. The second-order valence-corrected chi connectivity index (χ2v) is 7.11. The molecule has 5 nitrogen and oxygen atoms in total. The van der Waals surface area contributed by atoms with Gasteiger partial charge >= 0.3 is 0 Å². The number of thiophene rings is 1. The van der Waals surface area contributed by atoms with E-state index < -0.39 is 11.4 Å². The van der Waals surface area contributed by atoms with E-state index in [0.29, 0.717) is 16.6 Å². The number of nitrogens with zero attached hydrogens (tertiary/aromatic N) is 3. The molecule has 0 unspecified atom stereocenters. The molecular weight excluding hydrogens is 365 g/mol. The zero-order valence-electron chi connectivity index (χ0n) is 13.1. The van der Waals surface area contributed by atoms with E-state index in [0.717, 1.165) is 9.56 Å². The maximum Gasteiger partial charge on any atom is 0.274 e. The molecule has 1 amide bonds. The van der Waals surface area contributed by atoms with Crippen molar-refractivity contribution in [2.45, 2.75) is 6.54 Å². The van der Waals surface area contributed by atoms with Gasteiger partial charge in [-0.05, 0) is 42.5 Å². The fourth-order valence-corrected chi connectivity index (χ4v) is 3.37. The molecule has 0 atom stereocenters. The Morgan fingerprint density at radius 3 is 2.56 bits per heavy atom. The molecule has 2 aromatic heterocycles. The molecule has 3 aromatic rings. The van der Waals surface area contributed by atoms with Crippen LogP contribution in [0, 0.1) is 5.82 Å². The van der Waals surface area contributed by atoms with Crippen molar-refractivity contribution < 1.29 is 9.18 Å². The topological polar surface area (TPSA) is 55.2 Å². The van der Waals surface area contributed by atoms with Gasteiger partial charge in [0.15, 0.2) is 0 Å².